The van der Waals surface area contributed by atoms with Crippen LogP contribution in [0.5, 0.6) is 0 Å². The van der Waals surface area contributed by atoms with Crippen molar-refractivity contribution < 1.29 is 22.7 Å². The zero-order chi connectivity index (χ0) is 32.8. The monoisotopic (exact) mass is 642 g/mol. The summed E-state index contributed by atoms with van der Waals surface area (Å²) in [5.74, 6) is -0.0217. The zero-order valence-corrected chi connectivity index (χ0v) is 26.8. The molecule has 0 fully saturated rings. The van der Waals surface area contributed by atoms with Crippen LogP contribution in [0.3, 0.4) is 0 Å². The quantitative estimate of drug-likeness (QED) is 0.111. The van der Waals surface area contributed by atoms with E-state index in [1.807, 2.05) is 23.6 Å². The SMILES string of the molecule is CCOCCCNC(=S)N(C(=O)Cc1cncn1Cc1ccc(C#N)cc1)N(CCCC(C)C)Cc1ccccc1C(F)(F)F. The summed E-state index contributed by atoms with van der Waals surface area (Å²) in [7, 11) is 0. The summed E-state index contributed by atoms with van der Waals surface area (Å²) in [5, 5.41) is 15.3. The number of nitrogens with one attached hydrogen (secondary N) is 1. The molecule has 0 aliphatic rings. The van der Waals surface area contributed by atoms with Gasteiger partial charge in [-0.05, 0) is 73.6 Å². The van der Waals surface area contributed by atoms with Crippen molar-refractivity contribution in [3.63, 3.8) is 0 Å². The molecule has 0 bridgehead atoms. The van der Waals surface area contributed by atoms with Crippen molar-refractivity contribution in [3.8, 4) is 6.07 Å². The van der Waals surface area contributed by atoms with E-state index < -0.39 is 17.6 Å². The fourth-order valence-corrected chi connectivity index (χ4v) is 5.12. The number of aromatic nitrogens is 2. The molecule has 3 aromatic rings. The normalized spacial score (nSPS) is 11.5. The zero-order valence-electron chi connectivity index (χ0n) is 26.0. The average Bonchev–Trinajstić information content (AvgIpc) is 3.43. The van der Waals surface area contributed by atoms with Gasteiger partial charge in [0.25, 0.3) is 0 Å². The van der Waals surface area contributed by atoms with Crippen LogP contribution in [0.4, 0.5) is 13.2 Å². The molecule has 1 amide bonds. The van der Waals surface area contributed by atoms with E-state index in [0.29, 0.717) is 62.9 Å². The van der Waals surface area contributed by atoms with Gasteiger partial charge in [0.15, 0.2) is 5.11 Å². The highest BCUT2D eigenvalue weighted by atomic mass is 32.1. The first-order valence-electron chi connectivity index (χ1n) is 15.1. The van der Waals surface area contributed by atoms with Gasteiger partial charge in [-0.2, -0.15) is 18.4 Å². The summed E-state index contributed by atoms with van der Waals surface area (Å²) in [4.78, 5) is 18.4. The molecule has 1 aromatic heterocycles. The largest absolute Gasteiger partial charge is 0.416 e. The minimum absolute atomic E-state index is 0.0531. The predicted molar refractivity (Wildman–Crippen MR) is 171 cm³/mol. The summed E-state index contributed by atoms with van der Waals surface area (Å²) < 4.78 is 49.2. The molecule has 0 spiro atoms. The molecule has 8 nitrogen and oxygen atoms in total. The van der Waals surface area contributed by atoms with Gasteiger partial charge in [-0.3, -0.25) is 4.79 Å². The van der Waals surface area contributed by atoms with Gasteiger partial charge in [-0.25, -0.2) is 15.0 Å². The van der Waals surface area contributed by atoms with Crippen molar-refractivity contribution in [2.45, 2.75) is 65.7 Å². The van der Waals surface area contributed by atoms with Gasteiger partial charge in [0.2, 0.25) is 5.91 Å². The van der Waals surface area contributed by atoms with E-state index in [-0.39, 0.29) is 23.6 Å². The molecule has 0 atom stereocenters. The topological polar surface area (TPSA) is 86.4 Å². The Bertz CT molecular complexity index is 1420. The molecular weight excluding hydrogens is 601 g/mol. The Morgan fingerprint density at radius 2 is 1.89 bits per heavy atom. The fraction of sp³-hybridized carbons (Fsp3) is 0.455. The average molecular weight is 643 g/mol. The molecular formula is C33H41F3N6O2S. The number of imidazole rings is 1. The lowest BCUT2D eigenvalue weighted by atomic mass is 10.1. The van der Waals surface area contributed by atoms with E-state index >= 15 is 0 Å². The Balaban J connectivity index is 1.92. The number of carbonyl (C=O) groups excluding carboxylic acids is 1. The number of alkyl halides is 3. The Hall–Kier alpha value is -3.79. The van der Waals surface area contributed by atoms with Gasteiger partial charge in [0.05, 0.1) is 29.9 Å². The molecule has 242 valence electrons. The van der Waals surface area contributed by atoms with Crippen molar-refractivity contribution in [1.82, 2.24) is 24.9 Å². The second-order valence-electron chi connectivity index (χ2n) is 11.1. The molecule has 2 aromatic carbocycles. The van der Waals surface area contributed by atoms with Gasteiger partial charge >= 0.3 is 6.18 Å². The number of nitriles is 1. The molecule has 12 heteroatoms. The first kappa shape index (κ1) is 35.7. The van der Waals surface area contributed by atoms with E-state index in [2.05, 4.69) is 30.2 Å². The molecule has 0 aliphatic heterocycles. The van der Waals surface area contributed by atoms with Crippen molar-refractivity contribution in [3.05, 3.63) is 89.0 Å². The Morgan fingerprint density at radius 3 is 2.56 bits per heavy atom. The minimum Gasteiger partial charge on any atom is -0.382 e. The molecule has 45 heavy (non-hydrogen) atoms. The third-order valence-corrected chi connectivity index (χ3v) is 7.41. The van der Waals surface area contributed by atoms with Crippen LogP contribution in [0, 0.1) is 17.2 Å². The fourth-order valence-electron chi connectivity index (χ4n) is 4.80. The maximum absolute atomic E-state index is 14.1. The van der Waals surface area contributed by atoms with E-state index in [1.54, 1.807) is 35.7 Å². The number of thiocarbonyl (C=S) groups is 1. The highest BCUT2D eigenvalue weighted by Crippen LogP contribution is 2.32. The third-order valence-electron chi connectivity index (χ3n) is 7.10. The Morgan fingerprint density at radius 1 is 1.16 bits per heavy atom. The second kappa shape index (κ2) is 17.6. The molecule has 0 saturated carbocycles. The van der Waals surface area contributed by atoms with Crippen LogP contribution in [-0.2, 0) is 35.2 Å². The number of halogens is 3. The molecule has 0 aliphatic carbocycles. The molecule has 1 N–H and O–H groups in total. The summed E-state index contributed by atoms with van der Waals surface area (Å²) in [6, 6.07) is 14.6. The highest BCUT2D eigenvalue weighted by molar-refractivity contribution is 7.80. The summed E-state index contributed by atoms with van der Waals surface area (Å²) in [6.45, 7) is 8.14. The van der Waals surface area contributed by atoms with E-state index in [9.17, 15) is 18.0 Å². The van der Waals surface area contributed by atoms with Crippen LogP contribution < -0.4 is 5.32 Å². The second-order valence-corrected chi connectivity index (χ2v) is 11.5. The highest BCUT2D eigenvalue weighted by Gasteiger charge is 2.35. The van der Waals surface area contributed by atoms with Crippen molar-refractivity contribution in [2.75, 3.05) is 26.3 Å². The maximum atomic E-state index is 14.1. The summed E-state index contributed by atoms with van der Waals surface area (Å²) in [6.07, 6.45) is 0.696. The number of hydrazine groups is 1. The number of rotatable bonds is 16. The van der Waals surface area contributed by atoms with Gasteiger partial charge in [0, 0.05) is 51.3 Å². The minimum atomic E-state index is -4.55. The van der Waals surface area contributed by atoms with Gasteiger partial charge in [-0.15, -0.1) is 0 Å². The van der Waals surface area contributed by atoms with Crippen LogP contribution in [0.1, 0.15) is 68.0 Å². The smallest absolute Gasteiger partial charge is 0.382 e. The third kappa shape index (κ3) is 11.3. The predicted octanol–water partition coefficient (Wildman–Crippen LogP) is 6.35. The van der Waals surface area contributed by atoms with Gasteiger partial charge < -0.3 is 14.6 Å². The summed E-state index contributed by atoms with van der Waals surface area (Å²) in [5.41, 5.74) is 1.39. The Kier molecular flexibility index (Phi) is 14.0. The number of carbonyl (C=O) groups is 1. The lowest BCUT2D eigenvalue weighted by Gasteiger charge is -2.36. The van der Waals surface area contributed by atoms with Crippen molar-refractivity contribution >= 4 is 23.2 Å². The van der Waals surface area contributed by atoms with Crippen LogP contribution in [0.25, 0.3) is 0 Å². The van der Waals surface area contributed by atoms with Crippen LogP contribution in [-0.4, -0.2) is 56.9 Å². The van der Waals surface area contributed by atoms with Crippen LogP contribution in [0.2, 0.25) is 0 Å². The first-order valence-corrected chi connectivity index (χ1v) is 15.5. The number of hydrogen-bond donors (Lipinski definition) is 1. The number of amides is 1. The number of ether oxygens (including phenoxy) is 1. The van der Waals surface area contributed by atoms with Gasteiger partial charge in [0.1, 0.15) is 0 Å². The Labute approximate surface area is 268 Å². The maximum Gasteiger partial charge on any atom is 0.416 e. The van der Waals surface area contributed by atoms with Crippen LogP contribution >= 0.6 is 12.2 Å². The van der Waals surface area contributed by atoms with E-state index in [1.165, 1.54) is 17.1 Å². The summed E-state index contributed by atoms with van der Waals surface area (Å²) >= 11 is 5.73. The number of benzene rings is 2. The van der Waals surface area contributed by atoms with Crippen molar-refractivity contribution in [2.24, 2.45) is 5.92 Å². The standard InChI is InChI=1S/C33H41F3N6O2S/c1-4-44-18-8-16-39-32(45)42(31(43)19-29-21-38-24-40(29)22-27-14-12-26(20-37)13-15-27)41(17-7-9-25(2)3)23-28-10-5-6-11-30(28)33(34,35)36/h5-6,10-15,21,24-25H,4,7-9,16-19,22-23H2,1-3H3,(H,39,45). The molecule has 1 heterocycles. The molecule has 0 radical (unpaired) electrons. The number of hydrogen-bond acceptors (Lipinski definition) is 6. The lowest BCUT2D eigenvalue weighted by molar-refractivity contribution is -0.141. The van der Waals surface area contributed by atoms with E-state index in [4.69, 9.17) is 22.2 Å². The first-order chi connectivity index (χ1) is 21.5. The number of nitrogens with zero attached hydrogens (tertiary/aromatic N) is 5. The molecule has 0 unspecified atom stereocenters. The van der Waals surface area contributed by atoms with Crippen molar-refractivity contribution in [1.29, 1.82) is 5.26 Å². The van der Waals surface area contributed by atoms with Gasteiger partial charge in [-0.1, -0.05) is 44.2 Å². The van der Waals surface area contributed by atoms with E-state index in [0.717, 1.165) is 18.1 Å². The molecule has 0 saturated heterocycles. The lowest BCUT2D eigenvalue weighted by Crippen LogP contribution is -2.54. The molecule has 3 rings (SSSR count). The van der Waals surface area contributed by atoms with Crippen LogP contribution in [0.15, 0.2) is 61.1 Å².